The second kappa shape index (κ2) is 9.52. The Bertz CT molecular complexity index is 1150. The molecule has 0 radical (unpaired) electrons. The van der Waals surface area contributed by atoms with Crippen molar-refractivity contribution < 1.29 is 9.53 Å². The zero-order chi connectivity index (χ0) is 21.5. The van der Waals surface area contributed by atoms with E-state index in [1.165, 1.54) is 0 Å². The van der Waals surface area contributed by atoms with Crippen LogP contribution in [0.1, 0.15) is 30.7 Å². The van der Waals surface area contributed by atoms with E-state index in [0.29, 0.717) is 41.3 Å². The van der Waals surface area contributed by atoms with Gasteiger partial charge in [-0.15, -0.1) is 0 Å². The highest BCUT2D eigenvalue weighted by molar-refractivity contribution is 5.90. The van der Waals surface area contributed by atoms with Gasteiger partial charge in [0.05, 0.1) is 5.69 Å². The van der Waals surface area contributed by atoms with Gasteiger partial charge in [0.15, 0.2) is 0 Å². The van der Waals surface area contributed by atoms with E-state index in [0.717, 1.165) is 4.68 Å². The number of ether oxygens (including phenoxy) is 1. The zero-order valence-electron chi connectivity index (χ0n) is 16.9. The lowest BCUT2D eigenvalue weighted by molar-refractivity contribution is -0.117. The van der Waals surface area contributed by atoms with Crippen LogP contribution in [0.25, 0.3) is 0 Å². The molecule has 2 aromatic carbocycles. The van der Waals surface area contributed by atoms with Crippen molar-refractivity contribution in [3.63, 3.8) is 0 Å². The number of carbonyl (C=O) groups excluding carboxylic acids is 1. The van der Waals surface area contributed by atoms with Crippen molar-refractivity contribution in [2.45, 2.75) is 33.2 Å². The summed E-state index contributed by atoms with van der Waals surface area (Å²) in [5.74, 6) is 0.835. The molecule has 0 bridgehead atoms. The molecule has 0 saturated heterocycles. The molecule has 0 unspecified atom stereocenters. The summed E-state index contributed by atoms with van der Waals surface area (Å²) in [5, 5.41) is 16.4. The third kappa shape index (κ3) is 4.73. The van der Waals surface area contributed by atoms with Gasteiger partial charge in [-0.25, -0.2) is 4.68 Å². The third-order valence-electron chi connectivity index (χ3n) is 4.53. The standard InChI is InChI=1S/C23H22N4O3/c1-3-19-20(14-24)23(29)27(26-21(19)4-2)15-22(28)25-16-9-8-12-18(13-16)30-17-10-6-5-7-11-17/h5-13H,3-4,15H2,1-2H3,(H,25,28). The van der Waals surface area contributed by atoms with Crippen LogP contribution < -0.4 is 15.6 Å². The predicted molar refractivity (Wildman–Crippen MR) is 114 cm³/mol. The van der Waals surface area contributed by atoms with Gasteiger partial charge >= 0.3 is 0 Å². The van der Waals surface area contributed by atoms with Gasteiger partial charge in [-0.3, -0.25) is 9.59 Å². The normalized spacial score (nSPS) is 10.3. The first-order valence-electron chi connectivity index (χ1n) is 9.71. The number of benzene rings is 2. The highest BCUT2D eigenvalue weighted by Crippen LogP contribution is 2.23. The minimum Gasteiger partial charge on any atom is -0.457 e. The lowest BCUT2D eigenvalue weighted by Gasteiger charge is -2.12. The summed E-state index contributed by atoms with van der Waals surface area (Å²) in [6.07, 6.45) is 1.11. The van der Waals surface area contributed by atoms with Crippen molar-refractivity contribution >= 4 is 11.6 Å². The first-order chi connectivity index (χ1) is 14.5. The molecule has 0 saturated carbocycles. The molecule has 3 rings (SSSR count). The van der Waals surface area contributed by atoms with Gasteiger partial charge in [0.2, 0.25) is 5.91 Å². The number of hydrogen-bond donors (Lipinski definition) is 1. The van der Waals surface area contributed by atoms with E-state index >= 15 is 0 Å². The van der Waals surface area contributed by atoms with Crippen LogP contribution in [0.15, 0.2) is 59.4 Å². The van der Waals surface area contributed by atoms with Crippen LogP contribution in [0.4, 0.5) is 5.69 Å². The first kappa shape index (κ1) is 20.8. The van der Waals surface area contributed by atoms with Crippen LogP contribution in [0.5, 0.6) is 11.5 Å². The van der Waals surface area contributed by atoms with E-state index in [4.69, 9.17) is 4.74 Å². The molecule has 0 aliphatic rings. The molecule has 0 fully saturated rings. The third-order valence-corrected chi connectivity index (χ3v) is 4.53. The van der Waals surface area contributed by atoms with E-state index in [1.54, 1.807) is 24.3 Å². The molecule has 7 heteroatoms. The molecule has 0 spiro atoms. The monoisotopic (exact) mass is 402 g/mol. The Labute approximate surface area is 174 Å². The van der Waals surface area contributed by atoms with Crippen LogP contribution in [-0.4, -0.2) is 15.7 Å². The molecule has 0 aliphatic heterocycles. The number of rotatable bonds is 7. The summed E-state index contributed by atoms with van der Waals surface area (Å²) < 4.78 is 6.82. The highest BCUT2D eigenvalue weighted by Gasteiger charge is 2.17. The Kier molecular flexibility index (Phi) is 6.60. The summed E-state index contributed by atoms with van der Waals surface area (Å²) in [7, 11) is 0. The molecule has 1 N–H and O–H groups in total. The molecule has 7 nitrogen and oxygen atoms in total. The fraction of sp³-hybridized carbons (Fsp3) is 0.217. The molecule has 30 heavy (non-hydrogen) atoms. The Hall–Kier alpha value is -3.92. The predicted octanol–water partition coefficient (Wildman–Crippen LogP) is 3.67. The van der Waals surface area contributed by atoms with Gasteiger partial charge in [-0.05, 0) is 42.7 Å². The van der Waals surface area contributed by atoms with Crippen LogP contribution in [0, 0.1) is 11.3 Å². The number of carbonyl (C=O) groups is 1. The van der Waals surface area contributed by atoms with E-state index in [-0.39, 0.29) is 12.1 Å². The van der Waals surface area contributed by atoms with E-state index < -0.39 is 11.5 Å². The summed E-state index contributed by atoms with van der Waals surface area (Å²) in [6.45, 7) is 3.49. The quantitative estimate of drug-likeness (QED) is 0.650. The van der Waals surface area contributed by atoms with Crippen molar-refractivity contribution in [2.75, 3.05) is 5.32 Å². The Morgan fingerprint density at radius 3 is 2.50 bits per heavy atom. The largest absolute Gasteiger partial charge is 0.457 e. The second-order valence-corrected chi connectivity index (χ2v) is 6.57. The van der Waals surface area contributed by atoms with Crippen molar-refractivity contribution in [3.8, 4) is 17.6 Å². The average Bonchev–Trinajstić information content (AvgIpc) is 2.75. The molecular formula is C23H22N4O3. The Balaban J connectivity index is 1.77. The minimum atomic E-state index is -0.553. The van der Waals surface area contributed by atoms with Crippen molar-refractivity contribution in [1.29, 1.82) is 5.26 Å². The molecule has 1 amide bonds. The van der Waals surface area contributed by atoms with Gasteiger partial charge in [0, 0.05) is 11.8 Å². The van der Waals surface area contributed by atoms with Gasteiger partial charge in [0.1, 0.15) is 29.7 Å². The lowest BCUT2D eigenvalue weighted by atomic mass is 10.0. The second-order valence-electron chi connectivity index (χ2n) is 6.57. The number of amides is 1. The minimum absolute atomic E-state index is 0.0513. The lowest BCUT2D eigenvalue weighted by Crippen LogP contribution is -2.33. The smallest absolute Gasteiger partial charge is 0.285 e. The molecule has 0 atom stereocenters. The van der Waals surface area contributed by atoms with Crippen LogP contribution in [-0.2, 0) is 24.2 Å². The Morgan fingerprint density at radius 1 is 1.10 bits per heavy atom. The molecule has 152 valence electrons. The molecule has 1 heterocycles. The zero-order valence-corrected chi connectivity index (χ0v) is 16.9. The fourth-order valence-electron chi connectivity index (χ4n) is 3.14. The SMILES string of the molecule is CCc1nn(CC(=O)Nc2cccc(Oc3ccccc3)c2)c(=O)c(C#N)c1CC. The summed E-state index contributed by atoms with van der Waals surface area (Å²) in [4.78, 5) is 25.1. The van der Waals surface area contributed by atoms with E-state index in [1.807, 2.05) is 50.2 Å². The molecular weight excluding hydrogens is 380 g/mol. The van der Waals surface area contributed by atoms with Crippen molar-refractivity contribution in [2.24, 2.45) is 0 Å². The van der Waals surface area contributed by atoms with Crippen molar-refractivity contribution in [3.05, 3.63) is 81.8 Å². The van der Waals surface area contributed by atoms with Gasteiger partial charge < -0.3 is 10.1 Å². The van der Waals surface area contributed by atoms with Gasteiger partial charge in [-0.2, -0.15) is 10.4 Å². The first-order valence-corrected chi connectivity index (χ1v) is 9.71. The number of aryl methyl sites for hydroxylation is 1. The number of anilines is 1. The summed E-state index contributed by atoms with van der Waals surface area (Å²) in [6, 6.07) is 18.2. The van der Waals surface area contributed by atoms with Gasteiger partial charge in [0.25, 0.3) is 5.56 Å². The van der Waals surface area contributed by atoms with E-state index in [9.17, 15) is 14.9 Å². The number of hydrogen-bond acceptors (Lipinski definition) is 5. The molecule has 0 aliphatic carbocycles. The number of nitrogens with one attached hydrogen (secondary N) is 1. The fourth-order valence-corrected chi connectivity index (χ4v) is 3.14. The highest BCUT2D eigenvalue weighted by atomic mass is 16.5. The number of nitriles is 1. The van der Waals surface area contributed by atoms with Crippen LogP contribution in [0.3, 0.4) is 0 Å². The number of para-hydroxylation sites is 1. The van der Waals surface area contributed by atoms with Gasteiger partial charge in [-0.1, -0.05) is 38.1 Å². The maximum Gasteiger partial charge on any atom is 0.285 e. The molecule has 1 aromatic heterocycles. The molecule has 3 aromatic rings. The topological polar surface area (TPSA) is 97.0 Å². The average molecular weight is 402 g/mol. The number of nitrogens with zero attached hydrogens (tertiary/aromatic N) is 3. The van der Waals surface area contributed by atoms with E-state index in [2.05, 4.69) is 10.4 Å². The maximum atomic E-state index is 12.6. The van der Waals surface area contributed by atoms with Crippen molar-refractivity contribution in [1.82, 2.24) is 9.78 Å². The van der Waals surface area contributed by atoms with Crippen LogP contribution >= 0.6 is 0 Å². The number of aromatic nitrogens is 2. The summed E-state index contributed by atoms with van der Waals surface area (Å²) in [5.41, 5.74) is 1.33. The Morgan fingerprint density at radius 2 is 1.83 bits per heavy atom. The summed E-state index contributed by atoms with van der Waals surface area (Å²) >= 11 is 0. The van der Waals surface area contributed by atoms with Crippen LogP contribution in [0.2, 0.25) is 0 Å². The maximum absolute atomic E-state index is 12.6.